The van der Waals surface area contributed by atoms with Gasteiger partial charge in [0, 0.05) is 6.42 Å². The Hall–Kier alpha value is -3.60. The number of imide groups is 1. The van der Waals surface area contributed by atoms with Crippen molar-refractivity contribution in [2.75, 3.05) is 6.61 Å². The molecule has 5 nitrogen and oxygen atoms in total. The van der Waals surface area contributed by atoms with Crippen molar-refractivity contribution >= 4 is 12.0 Å². The minimum Gasteiger partial charge on any atom is -0.489 e. The highest BCUT2D eigenvalue weighted by Gasteiger charge is 2.37. The summed E-state index contributed by atoms with van der Waals surface area (Å²) in [5, 5.41) is 0. The predicted molar refractivity (Wildman–Crippen MR) is 118 cm³/mol. The fourth-order valence-corrected chi connectivity index (χ4v) is 3.67. The first-order valence-electron chi connectivity index (χ1n) is 10.5. The van der Waals surface area contributed by atoms with E-state index in [0.29, 0.717) is 19.4 Å². The Morgan fingerprint density at radius 1 is 0.871 bits per heavy atom. The normalized spacial score (nSPS) is 15.5. The number of hydrogen-bond donors (Lipinski definition) is 0. The number of aryl methyl sites for hydroxylation is 1. The maximum atomic E-state index is 12.7. The van der Waals surface area contributed by atoms with E-state index in [9.17, 15) is 9.59 Å². The lowest BCUT2D eigenvalue weighted by Crippen LogP contribution is -2.40. The Morgan fingerprint density at radius 2 is 1.52 bits per heavy atom. The molecule has 0 saturated carbocycles. The lowest BCUT2D eigenvalue weighted by atomic mass is 10.0. The molecular formula is C26H25NO4. The van der Waals surface area contributed by atoms with Gasteiger partial charge in [0.25, 0.3) is 0 Å². The lowest BCUT2D eigenvalue weighted by Gasteiger charge is -2.20. The van der Waals surface area contributed by atoms with Crippen LogP contribution in [0.25, 0.3) is 0 Å². The van der Waals surface area contributed by atoms with Crippen molar-refractivity contribution in [3.05, 3.63) is 102 Å². The minimum absolute atomic E-state index is 0.195. The number of rotatable bonds is 8. The van der Waals surface area contributed by atoms with Gasteiger partial charge >= 0.3 is 6.09 Å². The molecule has 158 valence electrons. The zero-order chi connectivity index (χ0) is 21.5. The molecule has 2 amide bonds. The fraction of sp³-hybridized carbons (Fsp3) is 0.231. The van der Waals surface area contributed by atoms with Gasteiger partial charge in [-0.1, -0.05) is 72.8 Å². The standard InChI is InChI=1S/C26H25NO4/c28-25(16-13-20-7-3-1-4-8-20)27-23(19-31-26(27)29)17-21-11-14-24(15-12-21)30-18-22-9-5-2-6-10-22/h1-12,14-15,23H,13,16-19H2/t23-/m1/s1. The number of amides is 2. The van der Waals surface area contributed by atoms with E-state index in [2.05, 4.69) is 0 Å². The topological polar surface area (TPSA) is 55.8 Å². The smallest absolute Gasteiger partial charge is 0.416 e. The number of ether oxygens (including phenoxy) is 2. The molecule has 0 aliphatic carbocycles. The summed E-state index contributed by atoms with van der Waals surface area (Å²) in [7, 11) is 0. The second kappa shape index (κ2) is 9.94. The van der Waals surface area contributed by atoms with Gasteiger partial charge in [-0.2, -0.15) is 0 Å². The molecule has 0 radical (unpaired) electrons. The summed E-state index contributed by atoms with van der Waals surface area (Å²) in [5.74, 6) is 0.585. The van der Waals surface area contributed by atoms with Crippen LogP contribution in [0, 0.1) is 0 Å². The summed E-state index contributed by atoms with van der Waals surface area (Å²) in [5.41, 5.74) is 3.21. The number of nitrogens with zero attached hydrogens (tertiary/aromatic N) is 1. The van der Waals surface area contributed by atoms with Gasteiger partial charge in [-0.15, -0.1) is 0 Å². The predicted octanol–water partition coefficient (Wildman–Crippen LogP) is 4.79. The van der Waals surface area contributed by atoms with Crippen molar-refractivity contribution in [2.45, 2.75) is 31.9 Å². The molecule has 4 rings (SSSR count). The van der Waals surface area contributed by atoms with Crippen molar-refractivity contribution in [1.29, 1.82) is 0 Å². The maximum absolute atomic E-state index is 12.7. The molecule has 1 heterocycles. The van der Waals surface area contributed by atoms with Crippen LogP contribution in [0.2, 0.25) is 0 Å². The third kappa shape index (κ3) is 5.51. The van der Waals surface area contributed by atoms with Gasteiger partial charge in [0.1, 0.15) is 19.0 Å². The molecule has 5 heteroatoms. The molecule has 0 aromatic heterocycles. The number of hydrogen-bond acceptors (Lipinski definition) is 4. The molecule has 1 aliphatic heterocycles. The zero-order valence-corrected chi connectivity index (χ0v) is 17.3. The maximum Gasteiger partial charge on any atom is 0.416 e. The van der Waals surface area contributed by atoms with Crippen LogP contribution in [-0.4, -0.2) is 29.5 Å². The fourth-order valence-electron chi connectivity index (χ4n) is 3.67. The van der Waals surface area contributed by atoms with E-state index in [0.717, 1.165) is 22.4 Å². The second-order valence-corrected chi connectivity index (χ2v) is 7.60. The quantitative estimate of drug-likeness (QED) is 0.531. The molecule has 3 aromatic rings. The van der Waals surface area contributed by atoms with Crippen LogP contribution >= 0.6 is 0 Å². The molecule has 0 spiro atoms. The zero-order valence-electron chi connectivity index (χ0n) is 17.3. The van der Waals surface area contributed by atoms with Crippen LogP contribution in [0.1, 0.15) is 23.1 Å². The van der Waals surface area contributed by atoms with Crippen LogP contribution in [0.5, 0.6) is 5.75 Å². The molecule has 1 aliphatic rings. The average molecular weight is 415 g/mol. The Kier molecular flexibility index (Phi) is 6.62. The molecule has 31 heavy (non-hydrogen) atoms. The molecule has 0 bridgehead atoms. The monoisotopic (exact) mass is 415 g/mol. The van der Waals surface area contributed by atoms with Crippen LogP contribution in [0.15, 0.2) is 84.9 Å². The average Bonchev–Trinajstić information content (AvgIpc) is 3.18. The molecule has 1 atom stereocenters. The van der Waals surface area contributed by atoms with Gasteiger partial charge in [-0.3, -0.25) is 4.79 Å². The van der Waals surface area contributed by atoms with Crippen LogP contribution < -0.4 is 4.74 Å². The van der Waals surface area contributed by atoms with Gasteiger partial charge in [-0.05, 0) is 41.7 Å². The van der Waals surface area contributed by atoms with Gasteiger partial charge in [0.2, 0.25) is 5.91 Å². The largest absolute Gasteiger partial charge is 0.489 e. The SMILES string of the molecule is O=C(CCc1ccccc1)N1C(=O)OC[C@H]1Cc1ccc(OCc2ccccc2)cc1. The number of carbonyl (C=O) groups excluding carboxylic acids is 2. The minimum atomic E-state index is -0.550. The molecule has 1 fully saturated rings. The summed E-state index contributed by atoms with van der Waals surface area (Å²) in [6, 6.07) is 27.3. The van der Waals surface area contributed by atoms with Gasteiger partial charge in [0.05, 0.1) is 6.04 Å². The number of carbonyl (C=O) groups is 2. The highest BCUT2D eigenvalue weighted by Crippen LogP contribution is 2.21. The Labute approximate surface area is 182 Å². The third-order valence-electron chi connectivity index (χ3n) is 5.34. The van der Waals surface area contributed by atoms with Crippen molar-refractivity contribution in [2.24, 2.45) is 0 Å². The summed E-state index contributed by atoms with van der Waals surface area (Å²) in [6.07, 6.45) is 0.888. The highest BCUT2D eigenvalue weighted by molar-refractivity contribution is 5.93. The van der Waals surface area contributed by atoms with Crippen molar-refractivity contribution in [3.63, 3.8) is 0 Å². The number of benzene rings is 3. The summed E-state index contributed by atoms with van der Waals surface area (Å²) >= 11 is 0. The highest BCUT2D eigenvalue weighted by atomic mass is 16.6. The van der Waals surface area contributed by atoms with Crippen LogP contribution in [0.3, 0.4) is 0 Å². The van der Waals surface area contributed by atoms with Crippen LogP contribution in [-0.2, 0) is 29.0 Å². The summed E-state index contributed by atoms with van der Waals surface area (Å²) < 4.78 is 11.0. The first-order chi connectivity index (χ1) is 15.2. The summed E-state index contributed by atoms with van der Waals surface area (Å²) in [6.45, 7) is 0.733. The van der Waals surface area contributed by atoms with Crippen molar-refractivity contribution in [1.82, 2.24) is 4.90 Å². The summed E-state index contributed by atoms with van der Waals surface area (Å²) in [4.78, 5) is 26.2. The molecule has 0 N–H and O–H groups in total. The van der Waals surface area contributed by atoms with E-state index in [1.165, 1.54) is 4.90 Å². The molecular weight excluding hydrogens is 390 g/mol. The molecule has 0 unspecified atom stereocenters. The van der Waals surface area contributed by atoms with E-state index in [1.807, 2.05) is 84.9 Å². The first kappa shape index (κ1) is 20.7. The van der Waals surface area contributed by atoms with E-state index < -0.39 is 6.09 Å². The molecule has 1 saturated heterocycles. The first-order valence-corrected chi connectivity index (χ1v) is 10.5. The lowest BCUT2D eigenvalue weighted by molar-refractivity contribution is -0.129. The third-order valence-corrected chi connectivity index (χ3v) is 5.34. The number of cyclic esters (lactones) is 1. The Balaban J connectivity index is 1.32. The van der Waals surface area contributed by atoms with Gasteiger partial charge in [-0.25, -0.2) is 9.69 Å². The van der Waals surface area contributed by atoms with E-state index in [-0.39, 0.29) is 25.0 Å². The Bertz CT molecular complexity index is 1000. The Morgan fingerprint density at radius 3 is 2.19 bits per heavy atom. The van der Waals surface area contributed by atoms with Gasteiger partial charge in [0.15, 0.2) is 0 Å². The van der Waals surface area contributed by atoms with E-state index in [1.54, 1.807) is 0 Å². The van der Waals surface area contributed by atoms with Gasteiger partial charge < -0.3 is 9.47 Å². The second-order valence-electron chi connectivity index (χ2n) is 7.60. The molecule has 3 aromatic carbocycles. The van der Waals surface area contributed by atoms with Crippen molar-refractivity contribution in [3.8, 4) is 5.75 Å². The van der Waals surface area contributed by atoms with E-state index >= 15 is 0 Å². The van der Waals surface area contributed by atoms with Crippen molar-refractivity contribution < 1.29 is 19.1 Å². The van der Waals surface area contributed by atoms with E-state index in [4.69, 9.17) is 9.47 Å². The van der Waals surface area contributed by atoms with Crippen LogP contribution in [0.4, 0.5) is 4.79 Å².